The molecule has 10 nitrogen and oxygen atoms in total. The number of fused-ring (bicyclic) bond motifs is 1. The van der Waals surface area contributed by atoms with Gasteiger partial charge in [-0.15, -0.1) is 0 Å². The van der Waals surface area contributed by atoms with Crippen LogP contribution in [0.15, 0.2) is 79.1 Å². The van der Waals surface area contributed by atoms with Gasteiger partial charge >= 0.3 is 0 Å². The van der Waals surface area contributed by atoms with Gasteiger partial charge in [-0.25, -0.2) is 4.98 Å². The van der Waals surface area contributed by atoms with Crippen LogP contribution in [0.4, 0.5) is 17.3 Å². The first-order chi connectivity index (χ1) is 21.2. The Hall–Kier alpha value is -5.09. The number of imidazole rings is 1. The average Bonchev–Trinajstić information content (AvgIpc) is 3.51. The van der Waals surface area contributed by atoms with E-state index in [9.17, 15) is 9.59 Å². The second-order valence-corrected chi connectivity index (χ2v) is 11.8. The van der Waals surface area contributed by atoms with Gasteiger partial charge in [0.15, 0.2) is 5.82 Å². The quantitative estimate of drug-likeness (QED) is 0.255. The summed E-state index contributed by atoms with van der Waals surface area (Å²) in [6.45, 7) is 10.7. The number of amides is 2. The van der Waals surface area contributed by atoms with Gasteiger partial charge < -0.3 is 20.3 Å². The fourth-order valence-corrected chi connectivity index (χ4v) is 5.13. The van der Waals surface area contributed by atoms with E-state index in [1.165, 1.54) is 5.56 Å². The molecule has 2 aromatic heterocycles. The Morgan fingerprint density at radius 3 is 2.30 bits per heavy atom. The summed E-state index contributed by atoms with van der Waals surface area (Å²) < 4.78 is 7.12. The Labute approximate surface area is 256 Å². The fraction of sp³-hybridized carbons (Fsp3) is 0.265. The van der Waals surface area contributed by atoms with Crippen molar-refractivity contribution in [3.05, 3.63) is 101 Å². The van der Waals surface area contributed by atoms with E-state index in [1.54, 1.807) is 33.8 Å². The first-order valence-corrected chi connectivity index (χ1v) is 14.6. The third kappa shape index (κ3) is 6.02. The van der Waals surface area contributed by atoms with Gasteiger partial charge in [-0.05, 0) is 65.9 Å². The molecule has 2 amide bonds. The predicted octanol–water partition coefficient (Wildman–Crippen LogP) is 5.87. The highest BCUT2D eigenvalue weighted by Crippen LogP contribution is 2.29. The van der Waals surface area contributed by atoms with Crippen LogP contribution in [0.5, 0.6) is 0 Å². The van der Waals surface area contributed by atoms with Gasteiger partial charge in [0, 0.05) is 53.5 Å². The molecule has 1 aliphatic rings. The zero-order chi connectivity index (χ0) is 30.8. The summed E-state index contributed by atoms with van der Waals surface area (Å²) in [7, 11) is 0. The molecule has 0 unspecified atom stereocenters. The van der Waals surface area contributed by atoms with Crippen LogP contribution in [0.25, 0.3) is 17.2 Å². The van der Waals surface area contributed by atoms with Crippen LogP contribution in [0.1, 0.15) is 52.6 Å². The minimum absolute atomic E-state index is 0.00876. The first kappa shape index (κ1) is 29.0. The Kier molecular flexibility index (Phi) is 7.84. The average molecular weight is 590 g/mol. The number of morpholine rings is 1. The first-order valence-electron chi connectivity index (χ1n) is 14.6. The molecular weight excluding hydrogens is 554 g/mol. The van der Waals surface area contributed by atoms with E-state index >= 15 is 0 Å². The van der Waals surface area contributed by atoms with Gasteiger partial charge in [0.25, 0.3) is 11.8 Å². The molecule has 0 spiro atoms. The largest absolute Gasteiger partial charge is 0.378 e. The van der Waals surface area contributed by atoms with Gasteiger partial charge in [0.05, 0.1) is 13.2 Å². The number of hydrogen-bond acceptors (Lipinski definition) is 7. The highest BCUT2D eigenvalue weighted by atomic mass is 16.5. The number of rotatable bonds is 6. The molecule has 2 N–H and O–H groups in total. The van der Waals surface area contributed by atoms with Crippen molar-refractivity contribution in [1.29, 1.82) is 0 Å². The van der Waals surface area contributed by atoms with E-state index in [4.69, 9.17) is 14.7 Å². The summed E-state index contributed by atoms with van der Waals surface area (Å²) in [6.07, 6.45) is 3.45. The molecule has 0 atom stereocenters. The normalized spacial score (nSPS) is 13.6. The number of nitrogens with zero attached hydrogens (tertiary/aromatic N) is 5. The number of hydrogen-bond donors (Lipinski definition) is 2. The van der Waals surface area contributed by atoms with E-state index in [0.29, 0.717) is 60.7 Å². The van der Waals surface area contributed by atoms with Crippen LogP contribution in [-0.4, -0.2) is 62.4 Å². The predicted molar refractivity (Wildman–Crippen MR) is 170 cm³/mol. The van der Waals surface area contributed by atoms with Gasteiger partial charge in [-0.1, -0.05) is 45.0 Å². The Morgan fingerprint density at radius 1 is 0.886 bits per heavy atom. The number of carbonyl (C=O) groups is 2. The van der Waals surface area contributed by atoms with Crippen molar-refractivity contribution in [2.75, 3.05) is 36.9 Å². The molecule has 6 rings (SSSR count). The molecule has 44 heavy (non-hydrogen) atoms. The topological polar surface area (TPSA) is 114 Å². The lowest BCUT2D eigenvalue weighted by molar-refractivity contribution is 0.0303. The summed E-state index contributed by atoms with van der Waals surface area (Å²) in [5.74, 6) is 1.26. The van der Waals surface area contributed by atoms with E-state index < -0.39 is 0 Å². The van der Waals surface area contributed by atoms with Crippen LogP contribution in [0, 0.1) is 6.92 Å². The summed E-state index contributed by atoms with van der Waals surface area (Å²) in [4.78, 5) is 41.7. The molecule has 1 fully saturated rings. The van der Waals surface area contributed by atoms with Crippen LogP contribution >= 0.6 is 0 Å². The monoisotopic (exact) mass is 589 g/mol. The second-order valence-electron chi connectivity index (χ2n) is 11.8. The van der Waals surface area contributed by atoms with Crippen molar-refractivity contribution < 1.29 is 14.3 Å². The highest BCUT2D eigenvalue weighted by molar-refractivity contribution is 6.05. The number of benzene rings is 3. The number of anilines is 3. The molecule has 5 aromatic rings. The van der Waals surface area contributed by atoms with E-state index in [0.717, 1.165) is 16.8 Å². The molecule has 10 heteroatoms. The molecule has 1 aliphatic heterocycles. The minimum Gasteiger partial charge on any atom is -0.378 e. The van der Waals surface area contributed by atoms with Crippen LogP contribution in [0.3, 0.4) is 0 Å². The zero-order valence-corrected chi connectivity index (χ0v) is 25.3. The molecule has 224 valence electrons. The van der Waals surface area contributed by atoms with E-state index in [-0.39, 0.29) is 17.2 Å². The molecule has 0 aliphatic carbocycles. The summed E-state index contributed by atoms with van der Waals surface area (Å²) in [5.41, 5.74) is 5.42. The van der Waals surface area contributed by atoms with Gasteiger partial charge in [-0.2, -0.15) is 9.97 Å². The SMILES string of the molecule is Cc1c(NC(=O)c2ccc(C(C)(C)C)cc2)cccc1-c1nc(Nc2ccc(C(=O)N3CCOCC3)cc2)n2ccnc2n1. The lowest BCUT2D eigenvalue weighted by atomic mass is 9.86. The van der Waals surface area contributed by atoms with Crippen molar-refractivity contribution in [3.8, 4) is 11.4 Å². The number of nitrogens with one attached hydrogen (secondary N) is 2. The maximum atomic E-state index is 13.1. The van der Waals surface area contributed by atoms with Gasteiger partial charge in [-0.3, -0.25) is 14.0 Å². The molecule has 0 bridgehead atoms. The molecule has 0 saturated carbocycles. The smallest absolute Gasteiger partial charge is 0.255 e. The van der Waals surface area contributed by atoms with Crippen molar-refractivity contribution in [2.24, 2.45) is 0 Å². The summed E-state index contributed by atoms with van der Waals surface area (Å²) in [5, 5.41) is 6.40. The number of aromatic nitrogens is 4. The van der Waals surface area contributed by atoms with Crippen molar-refractivity contribution >= 4 is 34.9 Å². The van der Waals surface area contributed by atoms with Crippen LogP contribution in [-0.2, 0) is 10.2 Å². The molecular formula is C34H35N7O3. The third-order valence-corrected chi connectivity index (χ3v) is 7.79. The van der Waals surface area contributed by atoms with Crippen molar-refractivity contribution in [2.45, 2.75) is 33.1 Å². The Morgan fingerprint density at radius 2 is 1.59 bits per heavy atom. The maximum Gasteiger partial charge on any atom is 0.255 e. The lowest BCUT2D eigenvalue weighted by Crippen LogP contribution is -2.40. The summed E-state index contributed by atoms with van der Waals surface area (Å²) >= 11 is 0. The van der Waals surface area contributed by atoms with Gasteiger partial charge in [0.1, 0.15) is 0 Å². The number of ether oxygens (including phenoxy) is 1. The lowest BCUT2D eigenvalue weighted by Gasteiger charge is -2.26. The van der Waals surface area contributed by atoms with Gasteiger partial charge in [0.2, 0.25) is 11.7 Å². The van der Waals surface area contributed by atoms with Crippen LogP contribution in [0.2, 0.25) is 0 Å². The second kappa shape index (κ2) is 11.9. The highest BCUT2D eigenvalue weighted by Gasteiger charge is 2.20. The Balaban J connectivity index is 1.24. The van der Waals surface area contributed by atoms with Crippen molar-refractivity contribution in [1.82, 2.24) is 24.3 Å². The number of carbonyl (C=O) groups excluding carboxylic acids is 2. The zero-order valence-electron chi connectivity index (χ0n) is 25.3. The third-order valence-electron chi connectivity index (χ3n) is 7.79. The van der Waals surface area contributed by atoms with Crippen molar-refractivity contribution in [3.63, 3.8) is 0 Å². The molecule has 1 saturated heterocycles. The maximum absolute atomic E-state index is 13.1. The fourth-order valence-electron chi connectivity index (χ4n) is 5.13. The van der Waals surface area contributed by atoms with Crippen LogP contribution < -0.4 is 10.6 Å². The Bertz CT molecular complexity index is 1820. The minimum atomic E-state index is -0.187. The van der Waals surface area contributed by atoms with E-state index in [2.05, 4.69) is 36.4 Å². The van der Waals surface area contributed by atoms with E-state index in [1.807, 2.05) is 61.5 Å². The molecule has 3 aromatic carbocycles. The molecule has 3 heterocycles. The molecule has 0 radical (unpaired) electrons. The summed E-state index contributed by atoms with van der Waals surface area (Å²) in [6, 6.07) is 20.7. The standard InChI is InChI=1S/C34H35N7O3/c1-22-27(6-5-7-28(22)37-30(42)23-8-12-25(13-9-23)34(2,3)4)29-38-32-35-16-17-41(32)33(39-29)36-26-14-10-24(11-15-26)31(43)40-18-20-44-21-19-40/h5-17H,18-21H2,1-4H3,(H,37,42)(H,35,36,38,39).